The van der Waals surface area contributed by atoms with Crippen LogP contribution in [0.25, 0.3) is 0 Å². The van der Waals surface area contributed by atoms with Crippen molar-refractivity contribution in [3.8, 4) is 0 Å². The van der Waals surface area contributed by atoms with Crippen molar-refractivity contribution in [2.24, 2.45) is 0 Å². The van der Waals surface area contributed by atoms with Gasteiger partial charge in [-0.2, -0.15) is 5.10 Å². The van der Waals surface area contributed by atoms with Crippen LogP contribution in [0.15, 0.2) is 15.9 Å². The maximum atomic E-state index is 11.6. The molecule has 0 amide bonds. The van der Waals surface area contributed by atoms with E-state index >= 15 is 0 Å². The average Bonchev–Trinajstić information content (AvgIpc) is 2.81. The maximum absolute atomic E-state index is 11.6. The van der Waals surface area contributed by atoms with Gasteiger partial charge in [-0.1, -0.05) is 0 Å². The number of nitrogens with zero attached hydrogens (tertiary/aromatic N) is 3. The molecule has 0 saturated heterocycles. The molecule has 0 aliphatic rings. The lowest BCUT2D eigenvalue weighted by atomic mass is 10.4. The number of hydrogen-bond donors (Lipinski definition) is 4. The first-order valence-electron chi connectivity index (χ1n) is 5.34. The van der Waals surface area contributed by atoms with Gasteiger partial charge in [0.2, 0.25) is 0 Å². The summed E-state index contributed by atoms with van der Waals surface area (Å²) in [5, 5.41) is 9.14. The minimum Gasteiger partial charge on any atom is -0.383 e. The molecule has 0 radical (unpaired) electrons. The molecule has 0 saturated carbocycles. The fraction of sp³-hybridized carbons (Fsp3) is 0.333. The predicted molar refractivity (Wildman–Crippen MR) is 65.1 cm³/mol. The molecule has 2 aromatic heterocycles. The monoisotopic (exact) mass is 251 g/mol. The van der Waals surface area contributed by atoms with Crippen molar-refractivity contribution in [3.05, 3.63) is 33.0 Å². The molecule has 5 N–H and O–H groups in total. The van der Waals surface area contributed by atoms with Crippen LogP contribution in [0.3, 0.4) is 0 Å². The summed E-state index contributed by atoms with van der Waals surface area (Å²) in [6.07, 6.45) is 1.36. The summed E-state index contributed by atoms with van der Waals surface area (Å²) in [6, 6.07) is 0. The van der Waals surface area contributed by atoms with Crippen molar-refractivity contribution in [1.82, 2.24) is 24.7 Å². The number of nitrogens with two attached hydrogens (primary N) is 1. The fourth-order valence-electron chi connectivity index (χ4n) is 1.56. The second-order valence-corrected chi connectivity index (χ2v) is 3.55. The van der Waals surface area contributed by atoms with E-state index in [4.69, 9.17) is 5.73 Å². The largest absolute Gasteiger partial charge is 0.383 e. The fourth-order valence-corrected chi connectivity index (χ4v) is 1.56. The molecule has 96 valence electrons. The van der Waals surface area contributed by atoms with Crippen molar-refractivity contribution < 1.29 is 0 Å². The molecule has 0 aliphatic carbocycles. The highest BCUT2D eigenvalue weighted by molar-refractivity contribution is 5.60. The van der Waals surface area contributed by atoms with Crippen LogP contribution in [-0.4, -0.2) is 24.7 Å². The van der Waals surface area contributed by atoms with Gasteiger partial charge in [0.15, 0.2) is 0 Å². The van der Waals surface area contributed by atoms with E-state index in [9.17, 15) is 9.59 Å². The predicted octanol–water partition coefficient (Wildman–Crippen LogP) is -1.13. The normalized spacial score (nSPS) is 10.5. The van der Waals surface area contributed by atoms with Gasteiger partial charge in [0.1, 0.15) is 23.7 Å². The van der Waals surface area contributed by atoms with E-state index in [0.717, 1.165) is 0 Å². The van der Waals surface area contributed by atoms with E-state index in [1.54, 1.807) is 6.92 Å². The van der Waals surface area contributed by atoms with Crippen LogP contribution in [0, 0.1) is 0 Å². The lowest BCUT2D eigenvalue weighted by molar-refractivity contribution is 0.705. The zero-order valence-electron chi connectivity index (χ0n) is 9.73. The molecule has 18 heavy (non-hydrogen) atoms. The summed E-state index contributed by atoms with van der Waals surface area (Å²) in [7, 11) is 0. The van der Waals surface area contributed by atoms with Gasteiger partial charge >= 0.3 is 5.69 Å². The molecule has 0 bridgehead atoms. The number of nitrogens with one attached hydrogen (secondary N) is 3. The third-order valence-electron chi connectivity index (χ3n) is 2.45. The molecular formula is C9H13N7O2. The van der Waals surface area contributed by atoms with E-state index in [0.29, 0.717) is 12.4 Å². The number of aromatic nitrogens is 5. The van der Waals surface area contributed by atoms with E-state index in [-0.39, 0.29) is 18.1 Å². The minimum absolute atomic E-state index is 0.103. The Bertz CT molecular complexity index is 640. The Labute approximate surface area is 101 Å². The van der Waals surface area contributed by atoms with Crippen LogP contribution in [0.1, 0.15) is 12.7 Å². The number of aromatic amines is 2. The molecule has 0 unspecified atom stereocenters. The zero-order valence-corrected chi connectivity index (χ0v) is 9.73. The van der Waals surface area contributed by atoms with Crippen LogP contribution in [0.4, 0.5) is 11.5 Å². The van der Waals surface area contributed by atoms with E-state index in [1.165, 1.54) is 10.9 Å². The molecule has 9 heteroatoms. The summed E-state index contributed by atoms with van der Waals surface area (Å²) in [6.45, 7) is 2.39. The standard InChI is InChI=1S/C9H13N7O2/c1-2-16-7(10)6(8(17)14-9(16)18)11-3-5-12-4-13-15-5/h4,11H,2-3,10H2,1H3,(H,12,13,15)(H,14,17,18). The number of hydrogen-bond acceptors (Lipinski definition) is 6. The second-order valence-electron chi connectivity index (χ2n) is 3.55. The first-order valence-corrected chi connectivity index (χ1v) is 5.34. The topological polar surface area (TPSA) is 134 Å². The Hall–Kier alpha value is -2.58. The molecule has 0 atom stereocenters. The molecule has 2 heterocycles. The van der Waals surface area contributed by atoms with E-state index in [2.05, 4.69) is 25.5 Å². The zero-order chi connectivity index (χ0) is 13.1. The number of anilines is 2. The first-order chi connectivity index (χ1) is 8.63. The molecule has 0 fully saturated rings. The summed E-state index contributed by atoms with van der Waals surface area (Å²) < 4.78 is 1.27. The van der Waals surface area contributed by atoms with Crippen molar-refractivity contribution in [1.29, 1.82) is 0 Å². The van der Waals surface area contributed by atoms with Crippen LogP contribution in [-0.2, 0) is 13.1 Å². The first kappa shape index (κ1) is 11.9. The van der Waals surface area contributed by atoms with Crippen molar-refractivity contribution in [3.63, 3.8) is 0 Å². The molecular weight excluding hydrogens is 238 g/mol. The van der Waals surface area contributed by atoms with Crippen molar-refractivity contribution >= 4 is 11.5 Å². The highest BCUT2D eigenvalue weighted by Crippen LogP contribution is 2.10. The van der Waals surface area contributed by atoms with Gasteiger partial charge < -0.3 is 11.1 Å². The highest BCUT2D eigenvalue weighted by atomic mass is 16.2. The smallest absolute Gasteiger partial charge is 0.330 e. The third kappa shape index (κ3) is 2.10. The Kier molecular flexibility index (Phi) is 3.13. The van der Waals surface area contributed by atoms with Gasteiger partial charge in [-0.25, -0.2) is 9.78 Å². The molecule has 2 aromatic rings. The molecule has 9 nitrogen and oxygen atoms in total. The average molecular weight is 251 g/mol. The second kappa shape index (κ2) is 4.73. The maximum Gasteiger partial charge on any atom is 0.330 e. The Balaban J connectivity index is 2.33. The van der Waals surface area contributed by atoms with Crippen molar-refractivity contribution in [2.45, 2.75) is 20.0 Å². The van der Waals surface area contributed by atoms with Gasteiger partial charge in [0, 0.05) is 6.54 Å². The van der Waals surface area contributed by atoms with Crippen LogP contribution >= 0.6 is 0 Å². The summed E-state index contributed by atoms with van der Waals surface area (Å²) in [5.41, 5.74) is 4.84. The van der Waals surface area contributed by atoms with Crippen LogP contribution in [0.2, 0.25) is 0 Å². The Morgan fingerprint density at radius 2 is 2.28 bits per heavy atom. The van der Waals surface area contributed by atoms with Gasteiger partial charge in [-0.15, -0.1) is 0 Å². The third-order valence-corrected chi connectivity index (χ3v) is 2.45. The van der Waals surface area contributed by atoms with E-state index in [1.807, 2.05) is 0 Å². The van der Waals surface area contributed by atoms with Crippen LogP contribution in [0.5, 0.6) is 0 Å². The number of nitrogen functional groups attached to an aromatic ring is 1. The lowest BCUT2D eigenvalue weighted by Gasteiger charge is -2.11. The van der Waals surface area contributed by atoms with Crippen molar-refractivity contribution in [2.75, 3.05) is 11.1 Å². The highest BCUT2D eigenvalue weighted by Gasteiger charge is 2.11. The van der Waals surface area contributed by atoms with Gasteiger partial charge in [0.25, 0.3) is 5.56 Å². The number of rotatable bonds is 4. The lowest BCUT2D eigenvalue weighted by Crippen LogP contribution is -2.33. The number of H-pyrrole nitrogens is 2. The summed E-state index contributed by atoms with van der Waals surface area (Å²) in [5.74, 6) is 0.661. The Morgan fingerprint density at radius 3 is 2.89 bits per heavy atom. The van der Waals surface area contributed by atoms with Gasteiger partial charge in [-0.3, -0.25) is 19.4 Å². The molecule has 0 aliphatic heterocycles. The SMILES string of the molecule is CCn1c(N)c(NCc2ncn[nH]2)c(=O)[nH]c1=O. The summed E-state index contributed by atoms with van der Waals surface area (Å²) >= 11 is 0. The van der Waals surface area contributed by atoms with Gasteiger partial charge in [0.05, 0.1) is 6.54 Å². The van der Waals surface area contributed by atoms with E-state index < -0.39 is 11.2 Å². The minimum atomic E-state index is -0.554. The molecule has 2 rings (SSSR count). The quantitative estimate of drug-likeness (QED) is 0.543. The molecule has 0 spiro atoms. The van der Waals surface area contributed by atoms with Crippen LogP contribution < -0.4 is 22.3 Å². The van der Waals surface area contributed by atoms with Gasteiger partial charge in [-0.05, 0) is 6.92 Å². The molecule has 0 aromatic carbocycles. The Morgan fingerprint density at radius 1 is 1.50 bits per heavy atom. The summed E-state index contributed by atoms with van der Waals surface area (Å²) in [4.78, 5) is 29.2.